The minimum Gasteiger partial charge on any atom is -0.545 e. The number of hydrogen-bond donors (Lipinski definition) is 1. The van der Waals surface area contributed by atoms with E-state index in [9.17, 15) is 18.3 Å². The molecular weight excluding hydrogens is 290 g/mol. The third kappa shape index (κ3) is 3.41. The number of hydrogen-bond acceptors (Lipinski definition) is 4. The molecule has 0 saturated carbocycles. The molecule has 0 aliphatic heterocycles. The molecule has 2 aromatic rings. The minimum absolute atomic E-state index is 0.0166. The van der Waals surface area contributed by atoms with E-state index in [0.29, 0.717) is 0 Å². The maximum Gasteiger partial charge on any atom is 0.261 e. The molecule has 6 heteroatoms. The summed E-state index contributed by atoms with van der Waals surface area (Å²) in [6.45, 7) is 1.97. The number of carbonyl (C=O) groups excluding carboxylic acids is 1. The lowest BCUT2D eigenvalue weighted by molar-refractivity contribution is -0.254. The second-order valence-electron chi connectivity index (χ2n) is 4.44. The summed E-state index contributed by atoms with van der Waals surface area (Å²) in [6, 6.07) is 12.1. The van der Waals surface area contributed by atoms with Gasteiger partial charge in [0.05, 0.1) is 16.6 Å². The van der Waals surface area contributed by atoms with E-state index in [1.165, 1.54) is 30.3 Å². The van der Waals surface area contributed by atoms with Crippen molar-refractivity contribution >= 4 is 21.7 Å². The first-order valence-corrected chi connectivity index (χ1v) is 7.84. The number of carboxylic acid groups (broad SMARTS) is 1. The molecular formula is C15H14NO4S-. The van der Waals surface area contributed by atoms with Crippen LogP contribution in [-0.2, 0) is 16.4 Å². The molecule has 0 aromatic heterocycles. The molecule has 0 spiro atoms. The summed E-state index contributed by atoms with van der Waals surface area (Å²) in [7, 11) is -3.84. The van der Waals surface area contributed by atoms with Crippen LogP contribution in [0, 0.1) is 0 Å². The van der Waals surface area contributed by atoms with Crippen molar-refractivity contribution in [3.05, 3.63) is 59.7 Å². The zero-order valence-corrected chi connectivity index (χ0v) is 12.2. The fourth-order valence-corrected chi connectivity index (χ4v) is 2.94. The van der Waals surface area contributed by atoms with Crippen LogP contribution in [0.15, 0.2) is 53.4 Å². The molecule has 1 N–H and O–H groups in total. The lowest BCUT2D eigenvalue weighted by atomic mass is 10.2. The largest absolute Gasteiger partial charge is 0.545 e. The van der Waals surface area contributed by atoms with Gasteiger partial charge in [0.2, 0.25) is 0 Å². The van der Waals surface area contributed by atoms with E-state index < -0.39 is 16.0 Å². The van der Waals surface area contributed by atoms with Crippen LogP contribution in [0.25, 0.3) is 0 Å². The lowest BCUT2D eigenvalue weighted by Crippen LogP contribution is -2.24. The number of para-hydroxylation sites is 1. The number of nitrogens with one attached hydrogen (secondary N) is 1. The van der Waals surface area contributed by atoms with E-state index in [1.54, 1.807) is 18.2 Å². The highest BCUT2D eigenvalue weighted by molar-refractivity contribution is 7.92. The zero-order valence-electron chi connectivity index (χ0n) is 11.4. The quantitative estimate of drug-likeness (QED) is 0.905. The van der Waals surface area contributed by atoms with Crippen molar-refractivity contribution in [1.29, 1.82) is 0 Å². The van der Waals surface area contributed by atoms with Crippen molar-refractivity contribution in [3.8, 4) is 0 Å². The van der Waals surface area contributed by atoms with E-state index in [0.717, 1.165) is 12.0 Å². The van der Waals surface area contributed by atoms with Crippen LogP contribution in [0.1, 0.15) is 22.8 Å². The van der Waals surface area contributed by atoms with Crippen LogP contribution in [-0.4, -0.2) is 14.4 Å². The second-order valence-corrected chi connectivity index (χ2v) is 6.12. The average molecular weight is 304 g/mol. The molecule has 0 bridgehead atoms. The molecule has 21 heavy (non-hydrogen) atoms. The molecule has 0 atom stereocenters. The van der Waals surface area contributed by atoms with Gasteiger partial charge in [-0.25, -0.2) is 8.42 Å². The van der Waals surface area contributed by atoms with Crippen molar-refractivity contribution in [3.63, 3.8) is 0 Å². The Morgan fingerprint density at radius 3 is 2.29 bits per heavy atom. The molecule has 2 rings (SSSR count). The number of aryl methyl sites for hydroxylation is 1. The fourth-order valence-electron chi connectivity index (χ4n) is 1.86. The van der Waals surface area contributed by atoms with Gasteiger partial charge in [-0.05, 0) is 30.2 Å². The Kier molecular flexibility index (Phi) is 4.28. The number of benzene rings is 2. The van der Waals surface area contributed by atoms with E-state index >= 15 is 0 Å². The first kappa shape index (κ1) is 15.1. The van der Waals surface area contributed by atoms with Gasteiger partial charge >= 0.3 is 0 Å². The second kappa shape index (κ2) is 5.97. The Hall–Kier alpha value is -2.34. The first-order valence-electron chi connectivity index (χ1n) is 6.36. The highest BCUT2D eigenvalue weighted by atomic mass is 32.2. The van der Waals surface area contributed by atoms with Gasteiger partial charge in [-0.3, -0.25) is 4.72 Å². The molecule has 2 aromatic carbocycles. The zero-order chi connectivity index (χ0) is 15.5. The van der Waals surface area contributed by atoms with Crippen molar-refractivity contribution in [2.75, 3.05) is 4.72 Å². The maximum atomic E-state index is 12.3. The number of anilines is 1. The van der Waals surface area contributed by atoms with Crippen molar-refractivity contribution in [1.82, 2.24) is 0 Å². The summed E-state index contributed by atoms with van der Waals surface area (Å²) in [4.78, 5) is 11.1. The maximum absolute atomic E-state index is 12.3. The summed E-state index contributed by atoms with van der Waals surface area (Å²) in [5.74, 6) is -1.44. The van der Waals surface area contributed by atoms with Crippen LogP contribution in [0.4, 0.5) is 5.69 Å². The predicted octanol–water partition coefficient (Wildman–Crippen LogP) is 1.41. The van der Waals surface area contributed by atoms with Crippen LogP contribution in [0.3, 0.4) is 0 Å². The van der Waals surface area contributed by atoms with Crippen LogP contribution < -0.4 is 9.83 Å². The molecule has 0 aliphatic carbocycles. The monoisotopic (exact) mass is 304 g/mol. The Morgan fingerprint density at radius 2 is 1.71 bits per heavy atom. The standard InChI is InChI=1S/C15H15NO4S/c1-2-11-7-9-12(10-8-11)21(19,20)16-14-6-4-3-5-13(14)15(17)18/h3-10,16H,2H2,1H3,(H,17,18)/p-1. The Labute approximate surface area is 123 Å². The van der Waals surface area contributed by atoms with Gasteiger partial charge in [0, 0.05) is 5.56 Å². The molecule has 0 heterocycles. The normalized spacial score (nSPS) is 11.1. The molecule has 0 unspecified atom stereocenters. The summed E-state index contributed by atoms with van der Waals surface area (Å²) in [5.41, 5.74) is 0.799. The van der Waals surface area contributed by atoms with Crippen molar-refractivity contribution in [2.45, 2.75) is 18.2 Å². The van der Waals surface area contributed by atoms with Crippen LogP contribution in [0.2, 0.25) is 0 Å². The fraction of sp³-hybridized carbons (Fsp3) is 0.133. The van der Waals surface area contributed by atoms with Gasteiger partial charge in [0.25, 0.3) is 10.0 Å². The smallest absolute Gasteiger partial charge is 0.261 e. The van der Waals surface area contributed by atoms with Crippen LogP contribution >= 0.6 is 0 Å². The molecule has 0 saturated heterocycles. The third-order valence-electron chi connectivity index (χ3n) is 3.03. The number of carboxylic acids is 1. The Morgan fingerprint density at radius 1 is 1.10 bits per heavy atom. The average Bonchev–Trinajstić information content (AvgIpc) is 2.47. The first-order chi connectivity index (χ1) is 9.94. The highest BCUT2D eigenvalue weighted by Crippen LogP contribution is 2.20. The summed E-state index contributed by atoms with van der Waals surface area (Å²) >= 11 is 0. The van der Waals surface area contributed by atoms with Gasteiger partial charge in [-0.2, -0.15) is 0 Å². The highest BCUT2D eigenvalue weighted by Gasteiger charge is 2.15. The summed E-state index contributed by atoms with van der Waals surface area (Å²) in [6.07, 6.45) is 0.807. The minimum atomic E-state index is -3.84. The van der Waals surface area contributed by atoms with Gasteiger partial charge in [-0.1, -0.05) is 37.3 Å². The summed E-state index contributed by atoms with van der Waals surface area (Å²) < 4.78 is 26.8. The van der Waals surface area contributed by atoms with E-state index in [1.807, 2.05) is 6.92 Å². The van der Waals surface area contributed by atoms with Crippen LogP contribution in [0.5, 0.6) is 0 Å². The predicted molar refractivity (Wildman–Crippen MR) is 77.4 cm³/mol. The van der Waals surface area contributed by atoms with Gasteiger partial charge < -0.3 is 9.90 Å². The van der Waals surface area contributed by atoms with Crippen molar-refractivity contribution < 1.29 is 18.3 Å². The summed E-state index contributed by atoms with van der Waals surface area (Å²) in [5, 5.41) is 11.0. The molecule has 0 fully saturated rings. The topological polar surface area (TPSA) is 86.3 Å². The Bertz CT molecular complexity index is 751. The molecule has 0 aliphatic rings. The number of carbonyl (C=O) groups is 1. The van der Waals surface area contributed by atoms with E-state index in [-0.39, 0.29) is 16.1 Å². The third-order valence-corrected chi connectivity index (χ3v) is 4.41. The number of rotatable bonds is 5. The van der Waals surface area contributed by atoms with Gasteiger partial charge in [-0.15, -0.1) is 0 Å². The molecule has 5 nitrogen and oxygen atoms in total. The van der Waals surface area contributed by atoms with E-state index in [2.05, 4.69) is 4.72 Å². The van der Waals surface area contributed by atoms with Gasteiger partial charge in [0.15, 0.2) is 0 Å². The Balaban J connectivity index is 2.35. The lowest BCUT2D eigenvalue weighted by Gasteiger charge is -2.13. The van der Waals surface area contributed by atoms with Crippen molar-refractivity contribution in [2.24, 2.45) is 0 Å². The molecule has 110 valence electrons. The SMILES string of the molecule is CCc1ccc(S(=O)(=O)Nc2ccccc2C(=O)[O-])cc1. The molecule has 0 amide bonds. The number of aromatic carboxylic acids is 1. The molecule has 0 radical (unpaired) electrons. The number of sulfonamides is 1. The van der Waals surface area contributed by atoms with Gasteiger partial charge in [0.1, 0.15) is 0 Å². The van der Waals surface area contributed by atoms with E-state index in [4.69, 9.17) is 0 Å².